The van der Waals surface area contributed by atoms with E-state index in [0.29, 0.717) is 0 Å². The predicted molar refractivity (Wildman–Crippen MR) is 58.2 cm³/mol. The third-order valence-corrected chi connectivity index (χ3v) is 2.38. The topological polar surface area (TPSA) is 55.8 Å². The second-order valence-electron chi connectivity index (χ2n) is 3.94. The van der Waals surface area contributed by atoms with E-state index in [4.69, 9.17) is 5.11 Å². The highest BCUT2D eigenvalue weighted by molar-refractivity contribution is 5.73. The molecule has 0 radical (unpaired) electrons. The fraction of sp³-hybridized carbons (Fsp3) is 0.700. The molecule has 5 heteroatoms. The van der Waals surface area contributed by atoms with Crippen molar-refractivity contribution in [3.63, 3.8) is 0 Å². The maximum Gasteiger partial charge on any atom is 0.320 e. The molecule has 0 amide bonds. The van der Waals surface area contributed by atoms with Gasteiger partial charge in [0.05, 0.1) is 6.67 Å². The van der Waals surface area contributed by atoms with Crippen molar-refractivity contribution in [2.75, 3.05) is 27.3 Å². The first-order valence-electron chi connectivity index (χ1n) is 5.14. The highest BCUT2D eigenvalue weighted by Crippen LogP contribution is 2.03. The maximum absolute atomic E-state index is 10.1. The Kier molecular flexibility index (Phi) is 4.42. The van der Waals surface area contributed by atoms with Crippen LogP contribution in [0.4, 0.5) is 0 Å². The highest BCUT2D eigenvalue weighted by Gasteiger charge is 2.20. The zero-order valence-corrected chi connectivity index (χ0v) is 9.31. The Morgan fingerprint density at radius 1 is 1.40 bits per heavy atom. The lowest BCUT2D eigenvalue weighted by atomic mass is 10.2. The van der Waals surface area contributed by atoms with E-state index in [0.717, 1.165) is 26.1 Å². The fourth-order valence-electron chi connectivity index (χ4n) is 1.57. The SMILES string of the molecule is CN1C=CN(C)C1.O=C(O)[C@@H]1CCCN1. The van der Waals surface area contributed by atoms with Gasteiger partial charge in [0.25, 0.3) is 0 Å². The second kappa shape index (κ2) is 5.60. The van der Waals surface area contributed by atoms with E-state index in [-0.39, 0.29) is 6.04 Å². The van der Waals surface area contributed by atoms with Crippen molar-refractivity contribution in [2.24, 2.45) is 0 Å². The first-order valence-corrected chi connectivity index (χ1v) is 5.14. The molecule has 0 unspecified atom stereocenters. The Morgan fingerprint density at radius 2 is 2.00 bits per heavy atom. The average Bonchev–Trinajstić information content (AvgIpc) is 2.77. The van der Waals surface area contributed by atoms with Gasteiger partial charge in [-0.05, 0) is 19.4 Å². The molecule has 1 fully saturated rings. The van der Waals surface area contributed by atoms with E-state index in [1.165, 1.54) is 0 Å². The predicted octanol–water partition coefficient (Wildman–Crippen LogP) is 0.115. The molecular formula is C10H19N3O2. The Morgan fingerprint density at radius 3 is 2.20 bits per heavy atom. The maximum atomic E-state index is 10.1. The molecule has 0 aromatic carbocycles. The van der Waals surface area contributed by atoms with Crippen molar-refractivity contribution in [2.45, 2.75) is 18.9 Å². The van der Waals surface area contributed by atoms with Crippen LogP contribution in [0.1, 0.15) is 12.8 Å². The van der Waals surface area contributed by atoms with Gasteiger partial charge in [-0.3, -0.25) is 4.79 Å². The van der Waals surface area contributed by atoms with Gasteiger partial charge in [-0.2, -0.15) is 0 Å². The normalized spacial score (nSPS) is 24.0. The first kappa shape index (κ1) is 11.8. The molecule has 1 saturated heterocycles. The van der Waals surface area contributed by atoms with Gasteiger partial charge in [-0.15, -0.1) is 0 Å². The minimum atomic E-state index is -0.720. The van der Waals surface area contributed by atoms with Crippen molar-refractivity contribution in [1.29, 1.82) is 0 Å². The molecule has 0 spiro atoms. The quantitative estimate of drug-likeness (QED) is 0.648. The standard InChI is InChI=1S/C5H10N2.C5H9NO2/c1-6-3-4-7(2)5-6;7-5(8)4-2-1-3-6-4/h3-4H,5H2,1-2H3;4,6H,1-3H2,(H,7,8)/t;4-/m.0/s1. The molecule has 0 aromatic heterocycles. The van der Waals surface area contributed by atoms with Crippen LogP contribution in [0.25, 0.3) is 0 Å². The van der Waals surface area contributed by atoms with Crippen molar-refractivity contribution in [3.8, 4) is 0 Å². The summed E-state index contributed by atoms with van der Waals surface area (Å²) >= 11 is 0. The third-order valence-electron chi connectivity index (χ3n) is 2.38. The smallest absolute Gasteiger partial charge is 0.320 e. The van der Waals surface area contributed by atoms with Crippen LogP contribution in [0.5, 0.6) is 0 Å². The molecule has 2 rings (SSSR count). The molecule has 2 heterocycles. The highest BCUT2D eigenvalue weighted by atomic mass is 16.4. The summed E-state index contributed by atoms with van der Waals surface area (Å²) in [5, 5.41) is 11.2. The molecule has 1 atom stereocenters. The zero-order chi connectivity index (χ0) is 11.3. The number of rotatable bonds is 1. The summed E-state index contributed by atoms with van der Waals surface area (Å²) < 4.78 is 0. The van der Waals surface area contributed by atoms with E-state index in [9.17, 15) is 4.79 Å². The summed E-state index contributed by atoms with van der Waals surface area (Å²) in [6.07, 6.45) is 5.90. The molecule has 2 N–H and O–H groups in total. The summed E-state index contributed by atoms with van der Waals surface area (Å²) in [4.78, 5) is 14.4. The van der Waals surface area contributed by atoms with Gasteiger partial charge in [-0.25, -0.2) is 0 Å². The molecule has 86 valence electrons. The van der Waals surface area contributed by atoms with E-state index >= 15 is 0 Å². The van der Waals surface area contributed by atoms with E-state index < -0.39 is 5.97 Å². The van der Waals surface area contributed by atoms with Gasteiger partial charge in [0.2, 0.25) is 0 Å². The summed E-state index contributed by atoms with van der Waals surface area (Å²) in [6.45, 7) is 1.89. The number of carboxylic acid groups (broad SMARTS) is 1. The monoisotopic (exact) mass is 213 g/mol. The summed E-state index contributed by atoms with van der Waals surface area (Å²) in [7, 11) is 4.11. The third kappa shape index (κ3) is 4.20. The largest absolute Gasteiger partial charge is 0.480 e. The van der Waals surface area contributed by atoms with Gasteiger partial charge >= 0.3 is 5.97 Å². The lowest BCUT2D eigenvalue weighted by Crippen LogP contribution is -2.29. The molecular weight excluding hydrogens is 194 g/mol. The molecule has 5 nitrogen and oxygen atoms in total. The van der Waals surface area contributed by atoms with Gasteiger partial charge in [0.15, 0.2) is 0 Å². The fourth-order valence-corrected chi connectivity index (χ4v) is 1.57. The molecule has 0 aromatic rings. The number of nitrogens with zero attached hydrogens (tertiary/aromatic N) is 2. The van der Waals surface area contributed by atoms with Crippen LogP contribution in [0.2, 0.25) is 0 Å². The van der Waals surface area contributed by atoms with Crippen molar-refractivity contribution in [3.05, 3.63) is 12.4 Å². The van der Waals surface area contributed by atoms with Crippen LogP contribution in [-0.4, -0.2) is 54.2 Å². The Balaban J connectivity index is 0.000000151. The Labute approximate surface area is 90.4 Å². The number of hydrogen-bond donors (Lipinski definition) is 2. The lowest BCUT2D eigenvalue weighted by molar-refractivity contribution is -0.139. The first-order chi connectivity index (χ1) is 7.09. The van der Waals surface area contributed by atoms with Crippen LogP contribution in [0.15, 0.2) is 12.4 Å². The van der Waals surface area contributed by atoms with Crippen LogP contribution >= 0.6 is 0 Å². The zero-order valence-electron chi connectivity index (χ0n) is 9.31. The Hall–Kier alpha value is -1.23. The van der Waals surface area contributed by atoms with E-state index in [1.54, 1.807) is 0 Å². The molecule has 0 bridgehead atoms. The molecule has 15 heavy (non-hydrogen) atoms. The van der Waals surface area contributed by atoms with E-state index in [2.05, 4.69) is 41.6 Å². The van der Waals surface area contributed by atoms with Crippen LogP contribution in [0.3, 0.4) is 0 Å². The van der Waals surface area contributed by atoms with E-state index in [1.807, 2.05) is 0 Å². The van der Waals surface area contributed by atoms with Gasteiger partial charge < -0.3 is 20.2 Å². The van der Waals surface area contributed by atoms with Crippen molar-refractivity contribution in [1.82, 2.24) is 15.1 Å². The number of carboxylic acids is 1. The molecule has 2 aliphatic heterocycles. The van der Waals surface area contributed by atoms with Gasteiger partial charge in [-0.1, -0.05) is 0 Å². The van der Waals surface area contributed by atoms with Crippen LogP contribution in [0, 0.1) is 0 Å². The summed E-state index contributed by atoms with van der Waals surface area (Å²) in [5.41, 5.74) is 0. The number of hydrogen-bond acceptors (Lipinski definition) is 4. The Bertz CT molecular complexity index is 227. The number of aliphatic carboxylic acids is 1. The minimum Gasteiger partial charge on any atom is -0.480 e. The lowest BCUT2D eigenvalue weighted by Gasteiger charge is -2.10. The minimum absolute atomic E-state index is 0.269. The van der Waals surface area contributed by atoms with Crippen molar-refractivity contribution < 1.29 is 9.90 Å². The van der Waals surface area contributed by atoms with Crippen LogP contribution in [-0.2, 0) is 4.79 Å². The second-order valence-corrected chi connectivity index (χ2v) is 3.94. The van der Waals surface area contributed by atoms with Gasteiger partial charge in [0, 0.05) is 26.5 Å². The summed E-state index contributed by atoms with van der Waals surface area (Å²) in [6, 6.07) is -0.269. The molecule has 0 aliphatic carbocycles. The number of carbonyl (C=O) groups is 1. The molecule has 2 aliphatic rings. The van der Waals surface area contributed by atoms with Crippen LogP contribution < -0.4 is 5.32 Å². The number of nitrogens with one attached hydrogen (secondary N) is 1. The van der Waals surface area contributed by atoms with Gasteiger partial charge in [0.1, 0.15) is 6.04 Å². The molecule has 0 saturated carbocycles. The van der Waals surface area contributed by atoms with Crippen molar-refractivity contribution >= 4 is 5.97 Å². The summed E-state index contributed by atoms with van der Waals surface area (Å²) in [5.74, 6) is -0.720. The average molecular weight is 213 g/mol.